The minimum atomic E-state index is -0.578. The van der Waals surface area contributed by atoms with Gasteiger partial charge in [0.15, 0.2) is 11.5 Å². The van der Waals surface area contributed by atoms with Crippen LogP contribution in [0.1, 0.15) is 35.0 Å². The second kappa shape index (κ2) is 16.6. The number of amides is 3. The molecule has 5 rings (SSSR count). The zero-order valence-corrected chi connectivity index (χ0v) is 29.7. The number of thioether (sulfide) groups is 1. The Morgan fingerprint density at radius 1 is 0.863 bits per heavy atom. The van der Waals surface area contributed by atoms with Crippen LogP contribution in [0, 0.1) is 6.92 Å². The maximum Gasteiger partial charge on any atom is 0.295 e. The molecule has 262 valence electrons. The third kappa shape index (κ3) is 8.42. The first-order valence-electron chi connectivity index (χ1n) is 16.2. The predicted molar refractivity (Wildman–Crippen MR) is 201 cm³/mol. The smallest absolute Gasteiger partial charge is 0.295 e. The molecule has 1 aromatic heterocycles. The third-order valence-electron chi connectivity index (χ3n) is 8.10. The predicted octanol–water partition coefficient (Wildman–Crippen LogP) is 6.42. The lowest BCUT2D eigenvalue weighted by Crippen LogP contribution is -2.30. The van der Waals surface area contributed by atoms with E-state index in [1.54, 1.807) is 85.4 Å². The van der Waals surface area contributed by atoms with E-state index in [9.17, 15) is 19.2 Å². The summed E-state index contributed by atoms with van der Waals surface area (Å²) in [6.45, 7) is 3.67. The van der Waals surface area contributed by atoms with Crippen molar-refractivity contribution in [2.24, 2.45) is 7.05 Å². The molecule has 5 aromatic rings. The minimum Gasteiger partial charge on any atom is -0.493 e. The fraction of sp³-hybridized carbons (Fsp3) is 0.179. The van der Waals surface area contributed by atoms with Gasteiger partial charge in [-0.2, -0.15) is 0 Å². The number of anilines is 2. The summed E-state index contributed by atoms with van der Waals surface area (Å²) in [5, 5.41) is 7.93. The molecule has 0 radical (unpaired) electrons. The number of benzene rings is 4. The number of para-hydroxylation sites is 2. The molecule has 1 atom stereocenters. The first kappa shape index (κ1) is 36.3. The van der Waals surface area contributed by atoms with Gasteiger partial charge in [0.25, 0.3) is 17.4 Å². The van der Waals surface area contributed by atoms with Gasteiger partial charge in [-0.25, -0.2) is 4.68 Å². The molecule has 12 heteroatoms. The molecule has 0 saturated heterocycles. The summed E-state index contributed by atoms with van der Waals surface area (Å²) in [4.78, 5) is 54.6. The zero-order valence-electron chi connectivity index (χ0n) is 28.9. The minimum absolute atomic E-state index is 0.0290. The van der Waals surface area contributed by atoms with Crippen molar-refractivity contribution < 1.29 is 23.9 Å². The van der Waals surface area contributed by atoms with Crippen LogP contribution in [0.5, 0.6) is 11.5 Å². The van der Waals surface area contributed by atoms with E-state index >= 15 is 0 Å². The highest BCUT2D eigenvalue weighted by Gasteiger charge is 2.24. The average Bonchev–Trinajstić information content (AvgIpc) is 3.36. The average molecular weight is 706 g/mol. The van der Waals surface area contributed by atoms with E-state index in [0.717, 1.165) is 4.90 Å². The molecule has 0 aliphatic heterocycles. The van der Waals surface area contributed by atoms with Crippen molar-refractivity contribution >= 4 is 46.9 Å². The maximum atomic E-state index is 13.8. The summed E-state index contributed by atoms with van der Waals surface area (Å²) >= 11 is 1.31. The van der Waals surface area contributed by atoms with Crippen LogP contribution >= 0.6 is 11.8 Å². The standard InChI is InChI=1S/C39H39N5O6S/c1-6-33(38(47)42-34-25(2)43(3)44(39(34)48)29-19-11-8-12-20-29)51-30-21-14-18-28(24-30)40-37(46)31(41-36(45)26-15-9-7-10-16-26)23-27-17-13-22-32(49-4)35(27)50-5/h7-24,33H,6H2,1-5H3,(H,40,46)(H,41,45)(H,42,47)/b31-23+. The van der Waals surface area contributed by atoms with Gasteiger partial charge in [0.1, 0.15) is 11.4 Å². The van der Waals surface area contributed by atoms with Gasteiger partial charge >= 0.3 is 0 Å². The monoisotopic (exact) mass is 705 g/mol. The maximum absolute atomic E-state index is 13.8. The summed E-state index contributed by atoms with van der Waals surface area (Å²) in [7, 11) is 4.77. The molecule has 0 fully saturated rings. The fourth-order valence-electron chi connectivity index (χ4n) is 5.37. The first-order chi connectivity index (χ1) is 24.6. The molecule has 0 aliphatic rings. The van der Waals surface area contributed by atoms with E-state index < -0.39 is 17.1 Å². The van der Waals surface area contributed by atoms with Gasteiger partial charge in [0, 0.05) is 28.8 Å². The Morgan fingerprint density at radius 3 is 2.22 bits per heavy atom. The Balaban J connectivity index is 1.36. The summed E-state index contributed by atoms with van der Waals surface area (Å²) in [5.74, 6) is -0.506. The number of aromatic nitrogens is 2. The van der Waals surface area contributed by atoms with E-state index in [2.05, 4.69) is 16.0 Å². The Bertz CT molecular complexity index is 2130. The molecule has 4 aromatic carbocycles. The second-order valence-electron chi connectivity index (χ2n) is 11.4. The van der Waals surface area contributed by atoms with Crippen molar-refractivity contribution in [3.8, 4) is 17.2 Å². The number of ether oxygens (including phenoxy) is 2. The van der Waals surface area contributed by atoms with Gasteiger partial charge in [0.05, 0.1) is 30.9 Å². The first-order valence-corrected chi connectivity index (χ1v) is 17.0. The molecule has 0 bridgehead atoms. The molecule has 51 heavy (non-hydrogen) atoms. The molecule has 1 unspecified atom stereocenters. The topological polar surface area (TPSA) is 133 Å². The molecule has 11 nitrogen and oxygen atoms in total. The molecule has 1 heterocycles. The second-order valence-corrected chi connectivity index (χ2v) is 12.7. The summed E-state index contributed by atoms with van der Waals surface area (Å²) in [6.07, 6.45) is 2.00. The van der Waals surface area contributed by atoms with Crippen LogP contribution in [0.25, 0.3) is 11.8 Å². The Labute approximate surface area is 300 Å². The fourth-order valence-corrected chi connectivity index (χ4v) is 6.38. The number of rotatable bonds is 13. The van der Waals surface area contributed by atoms with Crippen LogP contribution in [0.4, 0.5) is 11.4 Å². The lowest BCUT2D eigenvalue weighted by Gasteiger charge is -2.16. The largest absolute Gasteiger partial charge is 0.493 e. The van der Waals surface area contributed by atoms with Crippen LogP contribution in [0.15, 0.2) is 119 Å². The normalized spacial score (nSPS) is 11.7. The molecule has 3 N–H and O–H groups in total. The molecule has 0 saturated carbocycles. The Morgan fingerprint density at radius 2 is 1.55 bits per heavy atom. The summed E-state index contributed by atoms with van der Waals surface area (Å²) in [6, 6.07) is 30.1. The van der Waals surface area contributed by atoms with Crippen LogP contribution in [0.2, 0.25) is 0 Å². The molecule has 0 aliphatic carbocycles. The van der Waals surface area contributed by atoms with Crippen molar-refractivity contribution in [1.29, 1.82) is 0 Å². The van der Waals surface area contributed by atoms with Crippen LogP contribution in [0.3, 0.4) is 0 Å². The van der Waals surface area contributed by atoms with Gasteiger partial charge in [-0.05, 0) is 68.0 Å². The lowest BCUT2D eigenvalue weighted by atomic mass is 10.1. The zero-order chi connectivity index (χ0) is 36.5. The number of hydrogen-bond acceptors (Lipinski definition) is 7. The van der Waals surface area contributed by atoms with Crippen LogP contribution in [-0.2, 0) is 16.6 Å². The highest BCUT2D eigenvalue weighted by molar-refractivity contribution is 8.00. The van der Waals surface area contributed by atoms with Crippen molar-refractivity contribution in [2.45, 2.75) is 30.4 Å². The van der Waals surface area contributed by atoms with Crippen molar-refractivity contribution in [3.63, 3.8) is 0 Å². The molecule has 0 spiro atoms. The van der Waals surface area contributed by atoms with E-state index in [1.165, 1.54) is 36.7 Å². The van der Waals surface area contributed by atoms with Gasteiger partial charge in [-0.1, -0.05) is 61.5 Å². The Hall–Kier alpha value is -6.01. The summed E-state index contributed by atoms with van der Waals surface area (Å²) < 4.78 is 14.2. The SMILES string of the molecule is CCC(Sc1cccc(NC(=O)/C(=C\c2cccc(OC)c2OC)NC(=O)c2ccccc2)c1)C(=O)Nc1c(C)n(C)n(-c2ccccc2)c1=O. The van der Waals surface area contributed by atoms with Crippen molar-refractivity contribution in [2.75, 3.05) is 24.9 Å². The Kier molecular flexibility index (Phi) is 11.8. The number of carbonyl (C=O) groups is 3. The van der Waals surface area contributed by atoms with E-state index in [-0.39, 0.29) is 22.9 Å². The van der Waals surface area contributed by atoms with E-state index in [4.69, 9.17) is 9.47 Å². The molecule has 3 amide bonds. The van der Waals surface area contributed by atoms with Gasteiger partial charge < -0.3 is 25.4 Å². The third-order valence-corrected chi connectivity index (χ3v) is 9.46. The molecular formula is C39H39N5O6S. The van der Waals surface area contributed by atoms with Crippen molar-refractivity contribution in [1.82, 2.24) is 14.7 Å². The van der Waals surface area contributed by atoms with Crippen LogP contribution < -0.4 is 31.0 Å². The van der Waals surface area contributed by atoms with Crippen molar-refractivity contribution in [3.05, 3.63) is 136 Å². The van der Waals surface area contributed by atoms with E-state index in [0.29, 0.717) is 46.1 Å². The van der Waals surface area contributed by atoms with Gasteiger partial charge in [0.2, 0.25) is 5.91 Å². The quantitative estimate of drug-likeness (QED) is 0.0952. The number of methoxy groups -OCH3 is 2. The number of nitrogens with one attached hydrogen (secondary N) is 3. The van der Waals surface area contributed by atoms with Gasteiger partial charge in [-0.3, -0.25) is 23.9 Å². The number of hydrogen-bond donors (Lipinski definition) is 3. The van der Waals surface area contributed by atoms with Crippen LogP contribution in [-0.4, -0.2) is 46.6 Å². The van der Waals surface area contributed by atoms with E-state index in [1.807, 2.05) is 43.3 Å². The lowest BCUT2D eigenvalue weighted by molar-refractivity contribution is -0.116. The number of nitrogens with zero attached hydrogens (tertiary/aromatic N) is 2. The van der Waals surface area contributed by atoms with Gasteiger partial charge in [-0.15, -0.1) is 11.8 Å². The highest BCUT2D eigenvalue weighted by atomic mass is 32.2. The summed E-state index contributed by atoms with van der Waals surface area (Å²) in [5.41, 5.74) is 2.51. The molecular weight excluding hydrogens is 667 g/mol. The number of carbonyl (C=O) groups excluding carboxylic acids is 3. The highest BCUT2D eigenvalue weighted by Crippen LogP contribution is 2.33.